The van der Waals surface area contributed by atoms with Crippen molar-refractivity contribution >= 4 is 34.4 Å². The predicted molar refractivity (Wildman–Crippen MR) is 101 cm³/mol. The lowest BCUT2D eigenvalue weighted by Gasteiger charge is -2.35. The lowest BCUT2D eigenvalue weighted by atomic mass is 10.1. The summed E-state index contributed by atoms with van der Waals surface area (Å²) in [5.74, 6) is 0.380. The molecule has 1 aromatic carbocycles. The van der Waals surface area contributed by atoms with Crippen LogP contribution in [0.15, 0.2) is 47.4 Å². The third kappa shape index (κ3) is 3.19. The highest BCUT2D eigenvalue weighted by Gasteiger charge is 2.25. The van der Waals surface area contributed by atoms with Crippen LogP contribution in [0, 0.1) is 0 Å². The number of anilines is 1. The van der Waals surface area contributed by atoms with E-state index in [2.05, 4.69) is 9.97 Å². The Bertz CT molecular complexity index is 1080. The van der Waals surface area contributed by atoms with Crippen molar-refractivity contribution in [2.45, 2.75) is 0 Å². The molecule has 1 saturated heterocycles. The Labute approximate surface area is 159 Å². The lowest BCUT2D eigenvalue weighted by molar-refractivity contribution is 0.0746. The van der Waals surface area contributed by atoms with Crippen molar-refractivity contribution in [3.63, 3.8) is 0 Å². The fourth-order valence-electron chi connectivity index (χ4n) is 3.20. The maximum absolute atomic E-state index is 12.6. The number of piperazine rings is 1. The van der Waals surface area contributed by atoms with Crippen LogP contribution in [0.25, 0.3) is 11.0 Å². The van der Waals surface area contributed by atoms with Crippen LogP contribution in [0.5, 0.6) is 0 Å². The van der Waals surface area contributed by atoms with Gasteiger partial charge < -0.3 is 15.0 Å². The van der Waals surface area contributed by atoms with Crippen LogP contribution in [0.3, 0.4) is 0 Å². The van der Waals surface area contributed by atoms with Gasteiger partial charge in [-0.1, -0.05) is 17.7 Å². The minimum Gasteiger partial charge on any atom is -0.422 e. The molecule has 0 unspecified atom stereocenters. The van der Waals surface area contributed by atoms with E-state index in [-0.39, 0.29) is 11.6 Å². The topological polar surface area (TPSA) is 91.6 Å². The molecule has 0 bridgehead atoms. The maximum Gasteiger partial charge on any atom is 0.384 e. The van der Waals surface area contributed by atoms with E-state index < -0.39 is 5.69 Å². The second-order valence-corrected chi connectivity index (χ2v) is 6.63. The van der Waals surface area contributed by atoms with E-state index in [1.54, 1.807) is 41.3 Å². The molecule has 2 aromatic heterocycles. The van der Waals surface area contributed by atoms with Gasteiger partial charge in [0.1, 0.15) is 5.82 Å². The molecule has 0 spiro atoms. The molecule has 1 fully saturated rings. The molecule has 1 amide bonds. The van der Waals surface area contributed by atoms with Crippen molar-refractivity contribution in [3.05, 3.63) is 63.7 Å². The third-order valence-corrected chi connectivity index (χ3v) is 4.78. The van der Waals surface area contributed by atoms with Crippen LogP contribution in [0.1, 0.15) is 10.4 Å². The van der Waals surface area contributed by atoms with Crippen LogP contribution in [0.2, 0.25) is 5.02 Å². The molecule has 4 rings (SSSR count). The number of nitrogens with zero attached hydrogens (tertiary/aromatic N) is 5. The Morgan fingerprint density at radius 2 is 1.89 bits per heavy atom. The fourth-order valence-corrected chi connectivity index (χ4v) is 3.39. The Morgan fingerprint density at radius 1 is 1.11 bits per heavy atom. The van der Waals surface area contributed by atoms with Gasteiger partial charge in [0.15, 0.2) is 5.65 Å². The Morgan fingerprint density at radius 3 is 2.63 bits per heavy atom. The summed E-state index contributed by atoms with van der Waals surface area (Å²) in [6.07, 6.45) is 1.50. The maximum atomic E-state index is 12.6. The summed E-state index contributed by atoms with van der Waals surface area (Å²) in [5.41, 5.74) is -0.0785. The van der Waals surface area contributed by atoms with Crippen molar-refractivity contribution in [3.8, 4) is 0 Å². The van der Waals surface area contributed by atoms with E-state index in [1.165, 1.54) is 6.20 Å². The van der Waals surface area contributed by atoms with Gasteiger partial charge in [0, 0.05) is 43.0 Å². The molecule has 27 heavy (non-hydrogen) atoms. The van der Waals surface area contributed by atoms with Gasteiger partial charge in [0.25, 0.3) is 5.91 Å². The van der Waals surface area contributed by atoms with Crippen molar-refractivity contribution < 1.29 is 10.0 Å². The van der Waals surface area contributed by atoms with Crippen LogP contribution in [-0.2, 0) is 0 Å². The smallest absolute Gasteiger partial charge is 0.384 e. The number of carbonyl (C=O) groups excluding carboxylic acids is 1. The highest BCUT2D eigenvalue weighted by atomic mass is 35.5. The van der Waals surface area contributed by atoms with Gasteiger partial charge in [-0.05, 0) is 30.3 Å². The Balaban J connectivity index is 1.57. The predicted octanol–water partition coefficient (Wildman–Crippen LogP) is 1.64. The molecular weight excluding hydrogens is 370 g/mol. The van der Waals surface area contributed by atoms with Crippen LogP contribution in [0.4, 0.5) is 5.82 Å². The number of carbonyl (C=O) groups is 1. The molecule has 1 N–H and O–H groups in total. The summed E-state index contributed by atoms with van der Waals surface area (Å²) < 4.78 is 0.442. The number of aromatic nitrogens is 3. The first-order chi connectivity index (χ1) is 13.0. The first kappa shape index (κ1) is 17.3. The van der Waals surface area contributed by atoms with Gasteiger partial charge in [-0.25, -0.2) is 9.78 Å². The van der Waals surface area contributed by atoms with Crippen molar-refractivity contribution in [1.29, 1.82) is 0 Å². The molecule has 1 aliphatic heterocycles. The fraction of sp³-hybridized carbons (Fsp3) is 0.222. The summed E-state index contributed by atoms with van der Waals surface area (Å²) in [6.45, 7) is 1.99. The normalized spacial score (nSPS) is 14.6. The second kappa shape index (κ2) is 6.88. The van der Waals surface area contributed by atoms with Crippen LogP contribution in [-0.4, -0.2) is 56.9 Å². The first-order valence-electron chi connectivity index (χ1n) is 8.41. The first-order valence-corrected chi connectivity index (χ1v) is 8.79. The molecule has 8 nitrogen and oxygen atoms in total. The summed E-state index contributed by atoms with van der Waals surface area (Å²) in [4.78, 5) is 36.3. The number of halogens is 1. The number of rotatable bonds is 2. The largest absolute Gasteiger partial charge is 0.422 e. The van der Waals surface area contributed by atoms with E-state index in [1.807, 2.05) is 4.90 Å². The third-order valence-electron chi connectivity index (χ3n) is 4.55. The quantitative estimate of drug-likeness (QED) is 0.674. The number of pyridine rings is 1. The van der Waals surface area contributed by atoms with Crippen LogP contribution >= 0.6 is 11.6 Å². The molecule has 138 valence electrons. The minimum absolute atomic E-state index is 0.0811. The summed E-state index contributed by atoms with van der Waals surface area (Å²) >= 11 is 5.97. The molecule has 9 heteroatoms. The number of hydrogen-bond acceptors (Lipinski definition) is 6. The molecule has 0 aliphatic carbocycles. The van der Waals surface area contributed by atoms with Gasteiger partial charge in [0.05, 0.1) is 5.39 Å². The standard InChI is InChI=1S/C18H16ClN5O3/c19-13-4-1-3-12(11-13)17(25)23-9-7-22(8-10-23)16-14-5-2-6-20-15(14)24(27)18(26)21-16/h1-6,11,27H,7-10H2. The number of amides is 1. The SMILES string of the molecule is O=C(c1cccc(Cl)c1)N1CCN(c2nc(=O)n(O)c3ncccc23)CC1. The van der Waals surface area contributed by atoms with E-state index in [0.717, 1.165) is 0 Å². The van der Waals surface area contributed by atoms with Crippen molar-refractivity contribution in [1.82, 2.24) is 19.6 Å². The van der Waals surface area contributed by atoms with Crippen molar-refractivity contribution in [2.24, 2.45) is 0 Å². The molecule has 1 aliphatic rings. The Kier molecular flexibility index (Phi) is 4.41. The highest BCUT2D eigenvalue weighted by Crippen LogP contribution is 2.23. The van der Waals surface area contributed by atoms with E-state index >= 15 is 0 Å². The van der Waals surface area contributed by atoms with Gasteiger partial charge in [0.2, 0.25) is 0 Å². The molecule has 3 heterocycles. The number of hydrogen-bond donors (Lipinski definition) is 1. The zero-order chi connectivity index (χ0) is 19.0. The summed E-state index contributed by atoms with van der Waals surface area (Å²) in [6, 6.07) is 10.3. The molecular formula is C18H16ClN5O3. The molecule has 3 aromatic rings. The zero-order valence-corrected chi connectivity index (χ0v) is 15.0. The monoisotopic (exact) mass is 385 g/mol. The van der Waals surface area contributed by atoms with Gasteiger partial charge in [-0.15, -0.1) is 4.73 Å². The van der Waals surface area contributed by atoms with Crippen LogP contribution < -0.4 is 10.6 Å². The zero-order valence-electron chi connectivity index (χ0n) is 14.2. The van der Waals surface area contributed by atoms with E-state index in [9.17, 15) is 14.8 Å². The lowest BCUT2D eigenvalue weighted by Crippen LogP contribution is -2.49. The molecule has 0 radical (unpaired) electrons. The number of fused-ring (bicyclic) bond motifs is 1. The average molecular weight is 386 g/mol. The summed E-state index contributed by atoms with van der Waals surface area (Å²) in [5, 5.41) is 10.9. The van der Waals surface area contributed by atoms with Gasteiger partial charge in [-0.2, -0.15) is 4.98 Å². The van der Waals surface area contributed by atoms with Gasteiger partial charge in [-0.3, -0.25) is 4.79 Å². The minimum atomic E-state index is -0.784. The highest BCUT2D eigenvalue weighted by molar-refractivity contribution is 6.30. The molecule has 0 atom stereocenters. The second-order valence-electron chi connectivity index (χ2n) is 6.19. The van der Waals surface area contributed by atoms with E-state index in [4.69, 9.17) is 11.6 Å². The molecule has 0 saturated carbocycles. The average Bonchev–Trinajstić information content (AvgIpc) is 2.70. The van der Waals surface area contributed by atoms with Gasteiger partial charge >= 0.3 is 5.69 Å². The van der Waals surface area contributed by atoms with Crippen molar-refractivity contribution in [2.75, 3.05) is 31.1 Å². The van der Waals surface area contributed by atoms with E-state index in [0.29, 0.717) is 52.7 Å². The summed E-state index contributed by atoms with van der Waals surface area (Å²) in [7, 11) is 0. The Hall–Kier alpha value is -3.13. The number of benzene rings is 1.